The summed E-state index contributed by atoms with van der Waals surface area (Å²) in [5.41, 5.74) is 0. The summed E-state index contributed by atoms with van der Waals surface area (Å²) in [5, 5.41) is 2.91. The molecule has 2 heterocycles. The van der Waals surface area contributed by atoms with Crippen molar-refractivity contribution >= 4 is 15.9 Å². The Balaban J connectivity index is 1.79. The minimum Gasteiger partial charge on any atom is -0.353 e. The van der Waals surface area contributed by atoms with Crippen molar-refractivity contribution in [3.8, 4) is 0 Å². The molecule has 0 aromatic rings. The number of likely N-dealkylation sites (tertiary alicyclic amines) is 1. The Hall–Kier alpha value is -0.660. The first-order valence-electron chi connectivity index (χ1n) is 7.88. The summed E-state index contributed by atoms with van der Waals surface area (Å²) < 4.78 is 24.6. The van der Waals surface area contributed by atoms with Gasteiger partial charge in [0.25, 0.3) is 0 Å². The minimum absolute atomic E-state index is 0.150. The normalized spacial score (nSPS) is 28.7. The fraction of sp³-hybridized carbons (Fsp3) is 0.929. The quantitative estimate of drug-likeness (QED) is 0.797. The monoisotopic (exact) mass is 317 g/mol. The van der Waals surface area contributed by atoms with Gasteiger partial charge < -0.3 is 5.32 Å². The summed E-state index contributed by atoms with van der Waals surface area (Å²) in [7, 11) is -3.29. The second kappa shape index (κ2) is 7.07. The summed E-state index contributed by atoms with van der Waals surface area (Å²) in [6.07, 6.45) is 6.29. The first-order valence-corrected chi connectivity index (χ1v) is 9.73. The summed E-state index contributed by atoms with van der Waals surface area (Å²) in [6, 6.07) is 0.0634. The summed E-state index contributed by atoms with van der Waals surface area (Å²) in [4.78, 5) is 14.6. The minimum atomic E-state index is -3.29. The Morgan fingerprint density at radius 2 is 1.95 bits per heavy atom. The molecule has 2 saturated heterocycles. The Labute approximate surface area is 127 Å². The van der Waals surface area contributed by atoms with Crippen molar-refractivity contribution in [3.05, 3.63) is 0 Å². The average Bonchev–Trinajstić information content (AvgIpc) is 2.90. The van der Waals surface area contributed by atoms with Crippen LogP contribution in [-0.2, 0) is 14.8 Å². The lowest BCUT2D eigenvalue weighted by atomic mass is 10.0. The van der Waals surface area contributed by atoms with Crippen molar-refractivity contribution in [2.24, 2.45) is 0 Å². The fourth-order valence-corrected chi connectivity index (χ4v) is 4.45. The predicted molar refractivity (Wildman–Crippen MR) is 82.5 cm³/mol. The van der Waals surface area contributed by atoms with Crippen LogP contribution in [0.5, 0.6) is 0 Å². The SMILES string of the molecule is C[C@@H]1CCCCN1CCNC(=O)[C@@H]1CCCN1S(C)(=O)=O. The number of nitrogens with zero attached hydrogens (tertiary/aromatic N) is 2. The van der Waals surface area contributed by atoms with Gasteiger partial charge in [-0.25, -0.2) is 8.42 Å². The highest BCUT2D eigenvalue weighted by Gasteiger charge is 2.36. The molecule has 2 aliphatic rings. The van der Waals surface area contributed by atoms with Crippen LogP contribution in [0, 0.1) is 0 Å². The first-order chi connectivity index (χ1) is 9.89. The third-order valence-electron chi connectivity index (χ3n) is 4.57. The van der Waals surface area contributed by atoms with E-state index in [4.69, 9.17) is 0 Å². The molecule has 1 N–H and O–H groups in total. The predicted octanol–water partition coefficient (Wildman–Crippen LogP) is 0.401. The molecule has 21 heavy (non-hydrogen) atoms. The topological polar surface area (TPSA) is 69.7 Å². The smallest absolute Gasteiger partial charge is 0.238 e. The van der Waals surface area contributed by atoms with Crippen LogP contribution in [0.2, 0.25) is 0 Å². The van der Waals surface area contributed by atoms with Gasteiger partial charge in [0.15, 0.2) is 0 Å². The number of carbonyl (C=O) groups excluding carboxylic acids is 1. The van der Waals surface area contributed by atoms with E-state index in [1.54, 1.807) is 0 Å². The molecule has 2 rings (SSSR count). The number of sulfonamides is 1. The van der Waals surface area contributed by atoms with E-state index in [2.05, 4.69) is 17.1 Å². The van der Waals surface area contributed by atoms with Gasteiger partial charge in [0.2, 0.25) is 15.9 Å². The zero-order chi connectivity index (χ0) is 15.5. The number of nitrogens with one attached hydrogen (secondary N) is 1. The Bertz CT molecular complexity index is 466. The highest BCUT2D eigenvalue weighted by molar-refractivity contribution is 7.88. The first kappa shape index (κ1) is 16.7. The van der Waals surface area contributed by atoms with Crippen molar-refractivity contribution < 1.29 is 13.2 Å². The van der Waals surface area contributed by atoms with Crippen LogP contribution in [0.4, 0.5) is 0 Å². The molecule has 2 atom stereocenters. The van der Waals surface area contributed by atoms with Crippen molar-refractivity contribution in [1.82, 2.24) is 14.5 Å². The molecular formula is C14H27N3O3S. The van der Waals surface area contributed by atoms with Gasteiger partial charge in [0.05, 0.1) is 6.26 Å². The van der Waals surface area contributed by atoms with Gasteiger partial charge in [-0.15, -0.1) is 0 Å². The maximum Gasteiger partial charge on any atom is 0.238 e. The summed E-state index contributed by atoms with van der Waals surface area (Å²) >= 11 is 0. The number of hydrogen-bond donors (Lipinski definition) is 1. The van der Waals surface area contributed by atoms with E-state index in [0.717, 1.165) is 19.5 Å². The van der Waals surface area contributed by atoms with Gasteiger partial charge in [-0.1, -0.05) is 6.42 Å². The van der Waals surface area contributed by atoms with E-state index in [9.17, 15) is 13.2 Å². The third kappa shape index (κ3) is 4.40. The van der Waals surface area contributed by atoms with E-state index in [-0.39, 0.29) is 5.91 Å². The fourth-order valence-electron chi connectivity index (χ4n) is 3.33. The maximum atomic E-state index is 12.2. The van der Waals surface area contributed by atoms with Crippen LogP contribution in [0.15, 0.2) is 0 Å². The van der Waals surface area contributed by atoms with Gasteiger partial charge in [-0.05, 0) is 39.2 Å². The lowest BCUT2D eigenvalue weighted by molar-refractivity contribution is -0.124. The molecule has 0 bridgehead atoms. The van der Waals surface area contributed by atoms with E-state index in [1.165, 1.54) is 29.8 Å². The number of carbonyl (C=O) groups is 1. The average molecular weight is 317 g/mol. The Kier molecular flexibility index (Phi) is 5.62. The molecule has 0 saturated carbocycles. The van der Waals surface area contributed by atoms with Crippen molar-refractivity contribution in [3.63, 3.8) is 0 Å². The Morgan fingerprint density at radius 3 is 2.62 bits per heavy atom. The van der Waals surface area contributed by atoms with Gasteiger partial charge in [-0.3, -0.25) is 9.69 Å². The van der Waals surface area contributed by atoms with Crippen LogP contribution < -0.4 is 5.32 Å². The molecule has 122 valence electrons. The molecule has 1 amide bonds. The molecule has 7 heteroatoms. The van der Waals surface area contributed by atoms with Crippen LogP contribution >= 0.6 is 0 Å². The van der Waals surface area contributed by atoms with Gasteiger partial charge >= 0.3 is 0 Å². The highest BCUT2D eigenvalue weighted by atomic mass is 32.2. The van der Waals surface area contributed by atoms with E-state index < -0.39 is 16.1 Å². The Morgan fingerprint density at radius 1 is 1.19 bits per heavy atom. The highest BCUT2D eigenvalue weighted by Crippen LogP contribution is 2.20. The second-order valence-corrected chi connectivity index (χ2v) is 8.14. The molecule has 0 spiro atoms. The standard InChI is InChI=1S/C14H27N3O3S/c1-12-6-3-4-9-16(12)11-8-15-14(18)13-7-5-10-17(13)21(2,19)20/h12-13H,3-11H2,1-2H3,(H,15,18)/t12-,13+/m1/s1. The zero-order valence-electron chi connectivity index (χ0n) is 13.0. The summed E-state index contributed by atoms with van der Waals surface area (Å²) in [6.45, 7) is 5.22. The number of amides is 1. The van der Waals surface area contributed by atoms with Crippen molar-refractivity contribution in [1.29, 1.82) is 0 Å². The molecule has 0 aromatic heterocycles. The van der Waals surface area contributed by atoms with Gasteiger partial charge in [-0.2, -0.15) is 4.31 Å². The maximum absolute atomic E-state index is 12.2. The lowest BCUT2D eigenvalue weighted by Crippen LogP contribution is -2.48. The largest absolute Gasteiger partial charge is 0.353 e. The molecule has 0 unspecified atom stereocenters. The molecule has 2 fully saturated rings. The van der Waals surface area contributed by atoms with Crippen LogP contribution in [0.3, 0.4) is 0 Å². The molecule has 0 radical (unpaired) electrons. The van der Waals surface area contributed by atoms with Crippen LogP contribution in [0.1, 0.15) is 39.0 Å². The molecule has 2 aliphatic heterocycles. The third-order valence-corrected chi connectivity index (χ3v) is 5.86. The van der Waals surface area contributed by atoms with Crippen LogP contribution in [-0.4, -0.2) is 68.0 Å². The second-order valence-electron chi connectivity index (χ2n) is 6.20. The molecular weight excluding hydrogens is 290 g/mol. The van der Waals surface area contributed by atoms with Gasteiger partial charge in [0.1, 0.15) is 6.04 Å². The van der Waals surface area contributed by atoms with E-state index in [1.807, 2.05) is 0 Å². The molecule has 0 aromatic carbocycles. The molecule has 0 aliphatic carbocycles. The number of piperidine rings is 1. The molecule has 6 nitrogen and oxygen atoms in total. The van der Waals surface area contributed by atoms with E-state index >= 15 is 0 Å². The van der Waals surface area contributed by atoms with Crippen molar-refractivity contribution in [2.75, 3.05) is 32.4 Å². The van der Waals surface area contributed by atoms with Crippen molar-refractivity contribution in [2.45, 2.75) is 51.1 Å². The lowest BCUT2D eigenvalue weighted by Gasteiger charge is -2.33. The van der Waals surface area contributed by atoms with Crippen LogP contribution in [0.25, 0.3) is 0 Å². The number of hydrogen-bond acceptors (Lipinski definition) is 4. The van der Waals surface area contributed by atoms with E-state index in [0.29, 0.717) is 25.6 Å². The zero-order valence-corrected chi connectivity index (χ0v) is 13.9. The summed E-state index contributed by atoms with van der Waals surface area (Å²) in [5.74, 6) is -0.150. The van der Waals surface area contributed by atoms with Gasteiger partial charge in [0, 0.05) is 25.7 Å². The number of rotatable bonds is 5.